The predicted octanol–water partition coefficient (Wildman–Crippen LogP) is 4.89. The zero-order valence-corrected chi connectivity index (χ0v) is 13.7. The first-order valence-corrected chi connectivity index (χ1v) is 11.7. The Morgan fingerprint density at radius 3 is 2.20 bits per heavy atom. The molecular formula is C12H26S2Si. The molecule has 0 aliphatic rings. The summed E-state index contributed by atoms with van der Waals surface area (Å²) >= 11 is 4.03. The first kappa shape index (κ1) is 15.7. The van der Waals surface area contributed by atoms with Gasteiger partial charge in [0.15, 0.2) is 0 Å². The molecule has 0 nitrogen and oxygen atoms in total. The molecule has 0 aliphatic carbocycles. The van der Waals surface area contributed by atoms with Gasteiger partial charge in [-0.2, -0.15) is 11.8 Å². The van der Waals surface area contributed by atoms with Gasteiger partial charge in [-0.1, -0.05) is 39.2 Å². The quantitative estimate of drug-likeness (QED) is 0.473. The smallest absolute Gasteiger partial charge is 0.0697 e. The minimum atomic E-state index is -1.04. The van der Waals surface area contributed by atoms with Gasteiger partial charge in [0, 0.05) is 0 Å². The van der Waals surface area contributed by atoms with Crippen molar-refractivity contribution >= 4 is 31.6 Å². The largest absolute Gasteiger partial charge is 0.165 e. The van der Waals surface area contributed by atoms with Gasteiger partial charge in [-0.05, 0) is 35.0 Å². The van der Waals surface area contributed by atoms with Crippen LogP contribution in [-0.4, -0.2) is 25.8 Å². The van der Waals surface area contributed by atoms with Crippen molar-refractivity contribution in [3.63, 3.8) is 0 Å². The summed E-state index contributed by atoms with van der Waals surface area (Å²) in [6.45, 7) is 11.9. The molecular weight excluding hydrogens is 236 g/mol. The third-order valence-electron chi connectivity index (χ3n) is 1.91. The lowest BCUT2D eigenvalue weighted by atomic mass is 10.2. The molecule has 0 bridgehead atoms. The third-order valence-corrected chi connectivity index (χ3v) is 5.40. The normalized spacial score (nSPS) is 13.7. The topological polar surface area (TPSA) is 0 Å². The number of rotatable bonds is 7. The average Bonchev–Trinajstić information content (AvgIpc) is 2.08. The lowest BCUT2D eigenvalue weighted by Gasteiger charge is -2.17. The molecule has 0 radical (unpaired) electrons. The number of thioether (sulfide) groups is 2. The van der Waals surface area contributed by atoms with Crippen LogP contribution in [0.5, 0.6) is 0 Å². The molecule has 0 fully saturated rings. The highest BCUT2D eigenvalue weighted by Crippen LogP contribution is 2.27. The van der Waals surface area contributed by atoms with Gasteiger partial charge >= 0.3 is 0 Å². The molecule has 0 saturated heterocycles. The molecule has 15 heavy (non-hydrogen) atoms. The summed E-state index contributed by atoms with van der Waals surface area (Å²) in [7, 11) is -1.04. The van der Waals surface area contributed by atoms with Gasteiger partial charge in [-0.15, -0.1) is 11.8 Å². The predicted molar refractivity (Wildman–Crippen MR) is 81.7 cm³/mol. The maximum Gasteiger partial charge on any atom is 0.0697 e. The first-order chi connectivity index (χ1) is 6.87. The molecule has 0 atom stereocenters. The van der Waals surface area contributed by atoms with E-state index in [2.05, 4.69) is 57.2 Å². The first-order valence-electron chi connectivity index (χ1n) is 5.71. The Morgan fingerprint density at radius 1 is 1.20 bits per heavy atom. The molecule has 0 aromatic carbocycles. The zero-order valence-electron chi connectivity index (χ0n) is 11.1. The van der Waals surface area contributed by atoms with Crippen LogP contribution in [-0.2, 0) is 0 Å². The van der Waals surface area contributed by atoms with Crippen molar-refractivity contribution in [3.05, 3.63) is 10.6 Å². The molecule has 0 heterocycles. The van der Waals surface area contributed by atoms with Crippen LogP contribution < -0.4 is 0 Å². The van der Waals surface area contributed by atoms with Gasteiger partial charge in [-0.25, -0.2) is 0 Å². The second-order valence-corrected chi connectivity index (χ2v) is 12.4. The molecule has 90 valence electrons. The van der Waals surface area contributed by atoms with E-state index in [1.807, 2.05) is 11.8 Å². The average molecular weight is 263 g/mol. The van der Waals surface area contributed by atoms with Gasteiger partial charge in [-0.3, -0.25) is 0 Å². The standard InChI is InChI=1S/C12H26S2Si/c1-11(2)12(10-15(4,5)6)14-9-7-8-13-3/h10-11H,7-9H2,1-6H3/b12-10+. The Morgan fingerprint density at radius 2 is 1.80 bits per heavy atom. The lowest BCUT2D eigenvalue weighted by molar-refractivity contribution is 0.817. The highest BCUT2D eigenvalue weighted by atomic mass is 32.2. The van der Waals surface area contributed by atoms with Gasteiger partial charge < -0.3 is 0 Å². The summed E-state index contributed by atoms with van der Waals surface area (Å²) in [5.74, 6) is 3.29. The summed E-state index contributed by atoms with van der Waals surface area (Å²) in [6, 6.07) is 0. The van der Waals surface area contributed by atoms with E-state index in [0.717, 1.165) is 0 Å². The van der Waals surface area contributed by atoms with E-state index in [0.29, 0.717) is 5.92 Å². The van der Waals surface area contributed by atoms with Gasteiger partial charge in [0.05, 0.1) is 8.07 Å². The van der Waals surface area contributed by atoms with Crippen molar-refractivity contribution in [1.29, 1.82) is 0 Å². The molecule has 0 spiro atoms. The lowest BCUT2D eigenvalue weighted by Crippen LogP contribution is -2.17. The highest BCUT2D eigenvalue weighted by molar-refractivity contribution is 8.03. The maximum atomic E-state index is 2.57. The van der Waals surface area contributed by atoms with Crippen LogP contribution in [0, 0.1) is 5.92 Å². The van der Waals surface area contributed by atoms with E-state index in [-0.39, 0.29) is 0 Å². The summed E-state index contributed by atoms with van der Waals surface area (Å²) in [5.41, 5.74) is 2.57. The zero-order chi connectivity index (χ0) is 11.9. The SMILES string of the molecule is CSCCCS/C(=C/[Si](C)(C)C)C(C)C. The Bertz CT molecular complexity index is 192. The number of hydrogen-bond donors (Lipinski definition) is 0. The number of allylic oxidation sites excluding steroid dienone is 1. The minimum absolute atomic E-state index is 0.705. The van der Waals surface area contributed by atoms with Gasteiger partial charge in [0.25, 0.3) is 0 Å². The van der Waals surface area contributed by atoms with E-state index < -0.39 is 8.07 Å². The summed E-state index contributed by atoms with van der Waals surface area (Å²) in [4.78, 5) is 1.62. The molecule has 0 saturated carbocycles. The minimum Gasteiger partial charge on any atom is -0.165 e. The Hall–Kier alpha value is 0.657. The van der Waals surface area contributed by atoms with Crippen molar-refractivity contribution in [1.82, 2.24) is 0 Å². The van der Waals surface area contributed by atoms with E-state index in [1.54, 1.807) is 4.91 Å². The van der Waals surface area contributed by atoms with Gasteiger partial charge in [0.1, 0.15) is 0 Å². The molecule has 0 aliphatic heterocycles. The monoisotopic (exact) mass is 262 g/mol. The van der Waals surface area contributed by atoms with Crippen LogP contribution in [0.15, 0.2) is 10.6 Å². The fourth-order valence-electron chi connectivity index (χ4n) is 1.20. The van der Waals surface area contributed by atoms with E-state index in [9.17, 15) is 0 Å². The maximum absolute atomic E-state index is 2.57. The fourth-order valence-corrected chi connectivity index (χ4v) is 5.25. The van der Waals surface area contributed by atoms with Crippen molar-refractivity contribution < 1.29 is 0 Å². The van der Waals surface area contributed by atoms with Crippen LogP contribution in [0.1, 0.15) is 20.3 Å². The van der Waals surface area contributed by atoms with E-state index >= 15 is 0 Å². The van der Waals surface area contributed by atoms with Crippen LogP contribution in [0.2, 0.25) is 19.6 Å². The molecule has 0 N–H and O–H groups in total. The molecule has 0 aromatic heterocycles. The fraction of sp³-hybridized carbons (Fsp3) is 0.833. The molecule has 0 rings (SSSR count). The summed E-state index contributed by atoms with van der Waals surface area (Å²) in [6.07, 6.45) is 3.52. The number of hydrogen-bond acceptors (Lipinski definition) is 2. The van der Waals surface area contributed by atoms with E-state index in [1.165, 1.54) is 17.9 Å². The van der Waals surface area contributed by atoms with Gasteiger partial charge in [0.2, 0.25) is 0 Å². The van der Waals surface area contributed by atoms with Crippen molar-refractivity contribution in [3.8, 4) is 0 Å². The Labute approximate surface area is 106 Å². The third kappa shape index (κ3) is 9.58. The van der Waals surface area contributed by atoms with Crippen molar-refractivity contribution in [2.24, 2.45) is 5.92 Å². The molecule has 0 unspecified atom stereocenters. The van der Waals surface area contributed by atoms with Crippen LogP contribution in [0.3, 0.4) is 0 Å². The Balaban J connectivity index is 4.12. The summed E-state index contributed by atoms with van der Waals surface area (Å²) in [5, 5.41) is 0. The van der Waals surface area contributed by atoms with E-state index in [4.69, 9.17) is 0 Å². The second kappa shape index (κ2) is 7.85. The molecule has 0 aromatic rings. The Kier molecular flexibility index (Phi) is 8.20. The van der Waals surface area contributed by atoms with Crippen LogP contribution >= 0.6 is 23.5 Å². The van der Waals surface area contributed by atoms with Crippen molar-refractivity contribution in [2.75, 3.05) is 17.8 Å². The van der Waals surface area contributed by atoms with Crippen LogP contribution in [0.4, 0.5) is 0 Å². The molecule has 3 heteroatoms. The van der Waals surface area contributed by atoms with Crippen molar-refractivity contribution in [2.45, 2.75) is 39.9 Å². The summed E-state index contributed by atoms with van der Waals surface area (Å²) < 4.78 is 0. The highest BCUT2D eigenvalue weighted by Gasteiger charge is 2.13. The molecule has 0 amide bonds. The second-order valence-electron chi connectivity index (χ2n) is 5.26. The van der Waals surface area contributed by atoms with Crippen LogP contribution in [0.25, 0.3) is 0 Å².